The summed E-state index contributed by atoms with van der Waals surface area (Å²) in [5.74, 6) is -0.732. The quantitative estimate of drug-likeness (QED) is 0.248. The van der Waals surface area contributed by atoms with Crippen molar-refractivity contribution in [3.8, 4) is 0 Å². The Balaban J connectivity index is 0.00000118. The van der Waals surface area contributed by atoms with Gasteiger partial charge < -0.3 is 14.8 Å². The largest absolute Gasteiger partial charge is 0.467 e. The highest BCUT2D eigenvalue weighted by Crippen LogP contribution is 2.33. The maximum atomic E-state index is 12.8. The highest BCUT2D eigenvalue weighted by Gasteiger charge is 2.39. The van der Waals surface area contributed by atoms with Gasteiger partial charge in [-0.3, -0.25) is 4.79 Å². The van der Waals surface area contributed by atoms with Gasteiger partial charge in [-0.2, -0.15) is 0 Å². The lowest BCUT2D eigenvalue weighted by atomic mass is 9.73. The number of benzene rings is 1. The summed E-state index contributed by atoms with van der Waals surface area (Å²) >= 11 is 0. The van der Waals surface area contributed by atoms with Crippen molar-refractivity contribution in [3.63, 3.8) is 0 Å². The van der Waals surface area contributed by atoms with Crippen LogP contribution < -0.4 is 5.32 Å². The Hall–Kier alpha value is -1.95. The Morgan fingerprint density at radius 3 is 2.06 bits per heavy atom. The van der Waals surface area contributed by atoms with Gasteiger partial charge in [0.05, 0.1) is 12.5 Å². The lowest BCUT2D eigenvalue weighted by molar-refractivity contribution is -0.147. The molecule has 1 amide bonds. The van der Waals surface area contributed by atoms with Gasteiger partial charge in [-0.15, -0.1) is 0 Å². The second kappa shape index (κ2) is 16.6. The number of hydrogen-bond acceptors (Lipinski definition) is 4. The van der Waals surface area contributed by atoms with Crippen LogP contribution in [0.2, 0.25) is 18.1 Å². The van der Waals surface area contributed by atoms with E-state index in [9.17, 15) is 14.4 Å². The molecule has 1 aromatic rings. The lowest BCUT2D eigenvalue weighted by Crippen LogP contribution is -2.50. The summed E-state index contributed by atoms with van der Waals surface area (Å²) in [5, 5.41) is 2.81. The third kappa shape index (κ3) is 10.1. The zero-order valence-electron chi connectivity index (χ0n) is 21.3. The van der Waals surface area contributed by atoms with Crippen molar-refractivity contribution in [2.75, 3.05) is 7.11 Å². The molecule has 0 fully saturated rings. The number of carbonyl (C=O) groups is 3. The molecule has 0 saturated heterocycles. The fourth-order valence-corrected chi connectivity index (χ4v) is 5.41. The molecule has 1 rings (SSSR count). The number of carbonyl (C=O) groups excluding carboxylic acids is 3. The van der Waals surface area contributed by atoms with Crippen molar-refractivity contribution in [2.24, 2.45) is 11.3 Å². The summed E-state index contributed by atoms with van der Waals surface area (Å²) in [6.07, 6.45) is 2.75. The number of amides is 1. The van der Waals surface area contributed by atoms with Gasteiger partial charge in [0.15, 0.2) is 0 Å². The minimum absolute atomic E-state index is 0.0186. The number of methoxy groups -OCH3 is 1. The third-order valence-corrected chi connectivity index (χ3v) is 10.3. The molecule has 0 aromatic heterocycles. The van der Waals surface area contributed by atoms with E-state index in [1.165, 1.54) is 25.2 Å². The van der Waals surface area contributed by atoms with Gasteiger partial charge in [0.2, 0.25) is 5.91 Å². The Bertz CT molecular complexity index is 658. The minimum Gasteiger partial charge on any atom is -0.467 e. The van der Waals surface area contributed by atoms with Gasteiger partial charge in [-0.1, -0.05) is 96.4 Å². The van der Waals surface area contributed by atoms with Crippen LogP contribution >= 0.6 is 0 Å². The number of aldehydes is 1. The molecule has 0 saturated carbocycles. The summed E-state index contributed by atoms with van der Waals surface area (Å²) in [5.41, 5.74) is 0.249. The van der Waals surface area contributed by atoms with Crippen molar-refractivity contribution < 1.29 is 19.1 Å². The SMILES string of the molecule is CC[C@@H](C)[C@@](C)(CC=O)C(=O)N[C@@H](CCc1ccccc1)C(=O)OC.CC[SiH](CC)CC. The number of aryl methyl sites for hydroxylation is 1. The zero-order valence-corrected chi connectivity index (χ0v) is 22.4. The first-order valence-electron chi connectivity index (χ1n) is 12.1. The molecular formula is C26H45NO4Si. The number of nitrogens with one attached hydrogen (secondary N) is 1. The molecule has 0 spiro atoms. The molecule has 1 aromatic carbocycles. The van der Waals surface area contributed by atoms with Gasteiger partial charge in [-0.25, -0.2) is 4.79 Å². The molecule has 0 aliphatic rings. The molecule has 3 atom stereocenters. The van der Waals surface area contributed by atoms with Crippen LogP contribution in [0.1, 0.15) is 66.4 Å². The number of hydrogen-bond donors (Lipinski definition) is 1. The minimum atomic E-state index is -0.838. The first kappa shape index (κ1) is 30.0. The summed E-state index contributed by atoms with van der Waals surface area (Å²) in [6, 6.07) is 13.5. The zero-order chi connectivity index (χ0) is 24.6. The molecule has 32 heavy (non-hydrogen) atoms. The van der Waals surface area contributed by atoms with E-state index in [0.717, 1.165) is 18.3 Å². The summed E-state index contributed by atoms with van der Waals surface area (Å²) in [4.78, 5) is 36.0. The maximum Gasteiger partial charge on any atom is 0.328 e. The van der Waals surface area contributed by atoms with E-state index in [-0.39, 0.29) is 27.0 Å². The van der Waals surface area contributed by atoms with E-state index in [1.54, 1.807) is 6.92 Å². The monoisotopic (exact) mass is 463 g/mol. The van der Waals surface area contributed by atoms with Crippen molar-refractivity contribution in [3.05, 3.63) is 35.9 Å². The Kier molecular flexibility index (Phi) is 15.6. The van der Waals surface area contributed by atoms with E-state index >= 15 is 0 Å². The van der Waals surface area contributed by atoms with Crippen LogP contribution in [0.5, 0.6) is 0 Å². The van der Waals surface area contributed by atoms with Crippen LogP contribution in [-0.2, 0) is 25.5 Å². The van der Waals surface area contributed by atoms with E-state index in [4.69, 9.17) is 4.74 Å². The van der Waals surface area contributed by atoms with Crippen LogP contribution in [0.4, 0.5) is 0 Å². The fraction of sp³-hybridized carbons (Fsp3) is 0.654. The number of esters is 1. The fourth-order valence-electron chi connectivity index (χ4n) is 3.68. The Morgan fingerprint density at radius 2 is 1.66 bits per heavy atom. The van der Waals surface area contributed by atoms with Crippen molar-refractivity contribution in [2.45, 2.75) is 91.4 Å². The molecule has 0 aliphatic carbocycles. The third-order valence-electron chi connectivity index (χ3n) is 6.81. The predicted molar refractivity (Wildman–Crippen MR) is 136 cm³/mol. The second-order valence-electron chi connectivity index (χ2n) is 8.76. The highest BCUT2D eigenvalue weighted by atomic mass is 28.3. The smallest absolute Gasteiger partial charge is 0.328 e. The van der Waals surface area contributed by atoms with Crippen LogP contribution in [0.25, 0.3) is 0 Å². The molecule has 0 radical (unpaired) electrons. The average Bonchev–Trinajstić information content (AvgIpc) is 2.82. The first-order valence-corrected chi connectivity index (χ1v) is 14.5. The summed E-state index contributed by atoms with van der Waals surface area (Å²) < 4.78 is 4.84. The Morgan fingerprint density at radius 1 is 1.09 bits per heavy atom. The van der Waals surface area contributed by atoms with Crippen molar-refractivity contribution >= 4 is 27.0 Å². The summed E-state index contributed by atoms with van der Waals surface area (Å²) in [6.45, 7) is 12.7. The second-order valence-corrected chi connectivity index (χ2v) is 12.9. The Labute approximate surface area is 197 Å². The van der Waals surface area contributed by atoms with Gasteiger partial charge >= 0.3 is 5.97 Å². The van der Waals surface area contributed by atoms with Gasteiger partial charge in [-0.05, 0) is 24.3 Å². The van der Waals surface area contributed by atoms with Crippen molar-refractivity contribution in [1.82, 2.24) is 5.32 Å². The topological polar surface area (TPSA) is 72.5 Å². The van der Waals surface area contributed by atoms with E-state index < -0.39 is 17.4 Å². The normalized spacial score (nSPS) is 14.4. The van der Waals surface area contributed by atoms with Gasteiger partial charge in [0.25, 0.3) is 0 Å². The molecule has 0 unspecified atom stereocenters. The summed E-state index contributed by atoms with van der Waals surface area (Å²) in [7, 11) is 1.14. The maximum absolute atomic E-state index is 12.8. The number of ether oxygens (including phenoxy) is 1. The van der Waals surface area contributed by atoms with Gasteiger partial charge in [0.1, 0.15) is 12.3 Å². The van der Waals surface area contributed by atoms with E-state index in [0.29, 0.717) is 12.8 Å². The number of rotatable bonds is 13. The molecule has 0 bridgehead atoms. The molecular weight excluding hydrogens is 418 g/mol. The molecule has 6 heteroatoms. The lowest BCUT2D eigenvalue weighted by Gasteiger charge is -2.33. The van der Waals surface area contributed by atoms with Crippen LogP contribution in [0.15, 0.2) is 30.3 Å². The standard InChI is InChI=1S/C20H29NO4.C6H16Si/c1-5-15(2)20(3,13-14-22)19(24)21-17(18(23)25-4)12-11-16-9-7-6-8-10-16;1-4-7(5-2)6-3/h6-10,14-15,17H,5,11-13H2,1-4H3,(H,21,24);7H,4-6H2,1-3H3/t15-,17+,20-;/m1./s1. The molecule has 182 valence electrons. The molecule has 0 aliphatic heterocycles. The van der Waals surface area contributed by atoms with Crippen LogP contribution in [0.3, 0.4) is 0 Å². The van der Waals surface area contributed by atoms with Crippen LogP contribution in [-0.4, -0.2) is 40.1 Å². The van der Waals surface area contributed by atoms with Gasteiger partial charge in [0, 0.05) is 15.2 Å². The van der Waals surface area contributed by atoms with E-state index in [1.807, 2.05) is 44.2 Å². The molecule has 0 heterocycles. The highest BCUT2D eigenvalue weighted by molar-refractivity contribution is 6.58. The van der Waals surface area contributed by atoms with Crippen molar-refractivity contribution in [1.29, 1.82) is 0 Å². The average molecular weight is 464 g/mol. The molecule has 1 N–H and O–H groups in total. The molecule has 5 nitrogen and oxygen atoms in total. The van der Waals surface area contributed by atoms with E-state index in [2.05, 4.69) is 26.1 Å². The first-order chi connectivity index (χ1) is 15.2. The van der Waals surface area contributed by atoms with Crippen LogP contribution in [0, 0.1) is 11.3 Å². The predicted octanol–water partition coefficient (Wildman–Crippen LogP) is 5.19.